The predicted octanol–water partition coefficient (Wildman–Crippen LogP) is 6.89. The first-order chi connectivity index (χ1) is 14.6. The first-order valence-electron chi connectivity index (χ1n) is 9.97. The van der Waals surface area contributed by atoms with Gasteiger partial charge >= 0.3 is 6.18 Å². The van der Waals surface area contributed by atoms with E-state index in [4.69, 9.17) is 4.74 Å². The second-order valence-electron chi connectivity index (χ2n) is 7.67. The number of benzene rings is 2. The van der Waals surface area contributed by atoms with E-state index in [1.54, 1.807) is 36.4 Å². The Bertz CT molecular complexity index is 1000. The lowest BCUT2D eigenvalue weighted by Crippen LogP contribution is -2.12. The number of anilines is 4. The van der Waals surface area contributed by atoms with Gasteiger partial charge in [0.1, 0.15) is 17.1 Å². The van der Waals surface area contributed by atoms with Crippen molar-refractivity contribution in [2.75, 3.05) is 10.6 Å². The van der Waals surface area contributed by atoms with E-state index >= 15 is 0 Å². The summed E-state index contributed by atoms with van der Waals surface area (Å²) in [4.78, 5) is 7.91. The van der Waals surface area contributed by atoms with Crippen molar-refractivity contribution in [1.82, 2.24) is 9.97 Å². The summed E-state index contributed by atoms with van der Waals surface area (Å²) in [6, 6.07) is 14.2. The maximum absolute atomic E-state index is 13.5. The van der Waals surface area contributed by atoms with E-state index in [0.717, 1.165) is 11.8 Å². The highest BCUT2D eigenvalue weighted by molar-refractivity contribution is 5.63. The van der Waals surface area contributed by atoms with Gasteiger partial charge in [-0.2, -0.15) is 18.2 Å². The quantitative estimate of drug-likeness (QED) is 0.427. The minimum atomic E-state index is -4.59. The van der Waals surface area contributed by atoms with Crippen LogP contribution in [0.25, 0.3) is 0 Å². The first kappa shape index (κ1) is 22.4. The number of alkyl halides is 3. The van der Waals surface area contributed by atoms with Gasteiger partial charge in [0, 0.05) is 17.6 Å². The standard InChI is InChI=1S/C23H25F3N4O/c1-14(2)16-5-7-17(8-6-16)28-21-20(23(24,25)26)13-27-22(30-21)29-18-9-11-19(12-10-18)31-15(3)4/h5-15H,1-4H3,(H2,27,28,29,30). The number of aromatic nitrogens is 2. The van der Waals surface area contributed by atoms with Crippen molar-refractivity contribution in [2.24, 2.45) is 0 Å². The zero-order valence-electron chi connectivity index (χ0n) is 17.8. The molecular formula is C23H25F3N4O. The van der Waals surface area contributed by atoms with Gasteiger partial charge in [-0.25, -0.2) is 4.98 Å². The van der Waals surface area contributed by atoms with Gasteiger partial charge in [0.15, 0.2) is 0 Å². The fourth-order valence-corrected chi connectivity index (χ4v) is 2.85. The molecule has 0 aliphatic rings. The molecule has 31 heavy (non-hydrogen) atoms. The topological polar surface area (TPSA) is 59.1 Å². The Kier molecular flexibility index (Phi) is 6.68. The van der Waals surface area contributed by atoms with Gasteiger partial charge in [-0.1, -0.05) is 26.0 Å². The van der Waals surface area contributed by atoms with Crippen molar-refractivity contribution in [3.05, 3.63) is 65.9 Å². The molecule has 8 heteroatoms. The van der Waals surface area contributed by atoms with Crippen molar-refractivity contribution in [3.63, 3.8) is 0 Å². The Morgan fingerprint density at radius 2 is 1.42 bits per heavy atom. The SMILES string of the molecule is CC(C)Oc1ccc(Nc2ncc(C(F)(F)F)c(Nc3ccc(C(C)C)cc3)n2)cc1. The van der Waals surface area contributed by atoms with Gasteiger partial charge in [0.2, 0.25) is 5.95 Å². The van der Waals surface area contributed by atoms with E-state index in [9.17, 15) is 13.2 Å². The van der Waals surface area contributed by atoms with Crippen molar-refractivity contribution in [2.45, 2.75) is 45.9 Å². The fraction of sp³-hybridized carbons (Fsp3) is 0.304. The van der Waals surface area contributed by atoms with Crippen LogP contribution in [0.4, 0.5) is 36.3 Å². The van der Waals surface area contributed by atoms with E-state index in [-0.39, 0.29) is 17.9 Å². The molecule has 0 radical (unpaired) electrons. The van der Waals surface area contributed by atoms with Crippen LogP contribution in [0.3, 0.4) is 0 Å². The molecule has 0 saturated heterocycles. The van der Waals surface area contributed by atoms with Crippen LogP contribution in [0.2, 0.25) is 0 Å². The van der Waals surface area contributed by atoms with Crippen LogP contribution in [0, 0.1) is 0 Å². The lowest BCUT2D eigenvalue weighted by Gasteiger charge is -2.15. The molecule has 0 aliphatic carbocycles. The van der Waals surface area contributed by atoms with E-state index in [1.165, 1.54) is 0 Å². The third-order valence-electron chi connectivity index (χ3n) is 4.42. The van der Waals surface area contributed by atoms with Crippen LogP contribution in [-0.2, 0) is 6.18 Å². The maximum atomic E-state index is 13.5. The summed E-state index contributed by atoms with van der Waals surface area (Å²) in [5.74, 6) is 0.752. The summed E-state index contributed by atoms with van der Waals surface area (Å²) in [7, 11) is 0. The fourth-order valence-electron chi connectivity index (χ4n) is 2.85. The lowest BCUT2D eigenvalue weighted by molar-refractivity contribution is -0.137. The highest BCUT2D eigenvalue weighted by Crippen LogP contribution is 2.35. The van der Waals surface area contributed by atoms with Gasteiger partial charge < -0.3 is 15.4 Å². The van der Waals surface area contributed by atoms with Gasteiger partial charge in [-0.3, -0.25) is 0 Å². The molecule has 0 spiro atoms. The van der Waals surface area contributed by atoms with Crippen molar-refractivity contribution >= 4 is 23.1 Å². The number of hydrogen-bond acceptors (Lipinski definition) is 5. The monoisotopic (exact) mass is 430 g/mol. The van der Waals surface area contributed by atoms with Crippen LogP contribution < -0.4 is 15.4 Å². The van der Waals surface area contributed by atoms with Crippen molar-refractivity contribution in [1.29, 1.82) is 0 Å². The number of nitrogens with zero attached hydrogens (tertiary/aromatic N) is 2. The Hall–Kier alpha value is -3.29. The second kappa shape index (κ2) is 9.24. The van der Waals surface area contributed by atoms with Gasteiger partial charge in [-0.15, -0.1) is 0 Å². The Morgan fingerprint density at radius 3 is 1.97 bits per heavy atom. The molecule has 3 rings (SSSR count). The van der Waals surface area contributed by atoms with E-state index < -0.39 is 11.7 Å². The van der Waals surface area contributed by atoms with Crippen molar-refractivity contribution in [3.8, 4) is 5.75 Å². The van der Waals surface area contributed by atoms with Gasteiger partial charge in [0.25, 0.3) is 0 Å². The minimum Gasteiger partial charge on any atom is -0.491 e. The highest BCUT2D eigenvalue weighted by atomic mass is 19.4. The summed E-state index contributed by atoms with van der Waals surface area (Å²) in [5, 5.41) is 5.70. The molecule has 0 aliphatic heterocycles. The number of ether oxygens (including phenoxy) is 1. The molecule has 1 aromatic heterocycles. The smallest absolute Gasteiger partial charge is 0.421 e. The zero-order valence-corrected chi connectivity index (χ0v) is 17.8. The van der Waals surface area contributed by atoms with Gasteiger partial charge in [-0.05, 0) is 61.7 Å². The summed E-state index contributed by atoms with van der Waals surface area (Å²) < 4.78 is 46.0. The molecule has 5 nitrogen and oxygen atoms in total. The molecule has 2 N–H and O–H groups in total. The third-order valence-corrected chi connectivity index (χ3v) is 4.42. The average Bonchev–Trinajstić information content (AvgIpc) is 2.69. The normalized spacial score (nSPS) is 11.6. The van der Waals surface area contributed by atoms with Gasteiger partial charge in [0.05, 0.1) is 6.10 Å². The van der Waals surface area contributed by atoms with Crippen LogP contribution in [0.15, 0.2) is 54.7 Å². The average molecular weight is 430 g/mol. The summed E-state index contributed by atoms with van der Waals surface area (Å²) in [6.45, 7) is 7.95. The summed E-state index contributed by atoms with van der Waals surface area (Å²) in [6.07, 6.45) is -3.77. The Labute approximate surface area is 179 Å². The van der Waals surface area contributed by atoms with E-state index in [2.05, 4.69) is 20.6 Å². The number of nitrogens with one attached hydrogen (secondary N) is 2. The first-order valence-corrected chi connectivity index (χ1v) is 9.97. The largest absolute Gasteiger partial charge is 0.491 e. The van der Waals surface area contributed by atoms with E-state index in [1.807, 2.05) is 39.8 Å². The molecule has 0 atom stereocenters. The molecule has 2 aromatic carbocycles. The van der Waals surface area contributed by atoms with Crippen molar-refractivity contribution < 1.29 is 17.9 Å². The summed E-state index contributed by atoms with van der Waals surface area (Å²) >= 11 is 0. The molecule has 0 saturated carbocycles. The molecule has 0 amide bonds. The molecular weight excluding hydrogens is 405 g/mol. The number of halogens is 3. The zero-order chi connectivity index (χ0) is 22.6. The second-order valence-corrected chi connectivity index (χ2v) is 7.67. The Morgan fingerprint density at radius 1 is 0.839 bits per heavy atom. The molecule has 1 heterocycles. The number of hydrogen-bond donors (Lipinski definition) is 2. The molecule has 0 unspecified atom stereocenters. The van der Waals surface area contributed by atoms with Crippen LogP contribution >= 0.6 is 0 Å². The van der Waals surface area contributed by atoms with Crippen LogP contribution in [-0.4, -0.2) is 16.1 Å². The lowest BCUT2D eigenvalue weighted by atomic mass is 10.0. The van der Waals surface area contributed by atoms with E-state index in [0.29, 0.717) is 23.0 Å². The van der Waals surface area contributed by atoms with Crippen LogP contribution in [0.1, 0.15) is 44.7 Å². The molecule has 0 fully saturated rings. The highest BCUT2D eigenvalue weighted by Gasteiger charge is 2.35. The molecule has 0 bridgehead atoms. The third kappa shape index (κ3) is 6.10. The van der Waals surface area contributed by atoms with Crippen LogP contribution in [0.5, 0.6) is 5.75 Å². The minimum absolute atomic E-state index is 0.0419. The maximum Gasteiger partial charge on any atom is 0.421 e. The summed E-state index contributed by atoms with van der Waals surface area (Å²) in [5.41, 5.74) is 1.29. The molecule has 3 aromatic rings. The predicted molar refractivity (Wildman–Crippen MR) is 116 cm³/mol. The molecule has 164 valence electrons. The number of rotatable bonds is 7. The Balaban J connectivity index is 1.84.